The first kappa shape index (κ1) is 12.8. The maximum absolute atomic E-state index is 12.6. The van der Waals surface area contributed by atoms with E-state index >= 15 is 0 Å². The monoisotopic (exact) mass is 244 g/mol. The molecule has 90 valence electrons. The van der Waals surface area contributed by atoms with Gasteiger partial charge in [-0.15, -0.1) is 6.42 Å². The third-order valence-electron chi connectivity index (χ3n) is 1.90. The molecule has 0 aliphatic heterocycles. The Kier molecular flexibility index (Phi) is 3.58. The summed E-state index contributed by atoms with van der Waals surface area (Å²) in [7, 11) is 0. The van der Waals surface area contributed by atoms with Gasteiger partial charge in [0, 0.05) is 17.8 Å². The number of nitrogens with zero attached hydrogens (tertiary/aromatic N) is 1. The largest absolute Gasteiger partial charge is 0.418 e. The van der Waals surface area contributed by atoms with Crippen LogP contribution in [0.1, 0.15) is 5.56 Å². The third-order valence-corrected chi connectivity index (χ3v) is 1.90. The van der Waals surface area contributed by atoms with Crippen molar-refractivity contribution in [2.24, 2.45) is 0 Å². The second kappa shape index (κ2) is 4.74. The average Bonchev–Trinajstić information content (AvgIpc) is 2.24. The fourth-order valence-electron chi connectivity index (χ4n) is 1.18. The molecule has 1 N–H and O–H groups in total. The number of hydrogen-bond acceptors (Lipinski definition) is 3. The summed E-state index contributed by atoms with van der Waals surface area (Å²) >= 11 is 0. The minimum Gasteiger partial charge on any atom is -0.374 e. The van der Waals surface area contributed by atoms with Crippen molar-refractivity contribution >= 4 is 11.4 Å². The van der Waals surface area contributed by atoms with Crippen molar-refractivity contribution in [3.8, 4) is 12.3 Å². The standard InChI is InChI=1S/C10H7F3N2O2/c1-2-5-14-9-4-3-7(15(16)17)6-8(9)10(11,12)13/h1,3-4,6,14H,5H2. The Hall–Kier alpha value is -2.23. The highest BCUT2D eigenvalue weighted by molar-refractivity contribution is 5.57. The van der Waals surface area contributed by atoms with E-state index in [9.17, 15) is 23.3 Å². The summed E-state index contributed by atoms with van der Waals surface area (Å²) < 4.78 is 37.8. The highest BCUT2D eigenvalue weighted by Crippen LogP contribution is 2.36. The third kappa shape index (κ3) is 3.11. The van der Waals surface area contributed by atoms with Crippen LogP contribution in [-0.4, -0.2) is 11.5 Å². The van der Waals surface area contributed by atoms with Crippen LogP contribution in [0, 0.1) is 22.5 Å². The summed E-state index contributed by atoms with van der Waals surface area (Å²) in [5, 5.41) is 12.7. The average molecular weight is 244 g/mol. The van der Waals surface area contributed by atoms with Crippen molar-refractivity contribution < 1.29 is 18.1 Å². The summed E-state index contributed by atoms with van der Waals surface area (Å²) in [4.78, 5) is 9.50. The SMILES string of the molecule is C#CCNc1ccc([N+](=O)[O-])cc1C(F)(F)F. The highest BCUT2D eigenvalue weighted by Gasteiger charge is 2.35. The number of nitrogens with one attached hydrogen (secondary N) is 1. The van der Waals surface area contributed by atoms with E-state index in [-0.39, 0.29) is 12.2 Å². The normalized spacial score (nSPS) is 10.7. The van der Waals surface area contributed by atoms with Crippen molar-refractivity contribution in [2.45, 2.75) is 6.18 Å². The number of nitro benzene ring substituents is 1. The Bertz CT molecular complexity index is 477. The molecular formula is C10H7F3N2O2. The van der Waals surface area contributed by atoms with Gasteiger partial charge in [-0.2, -0.15) is 13.2 Å². The van der Waals surface area contributed by atoms with Crippen LogP contribution in [0.15, 0.2) is 18.2 Å². The zero-order valence-electron chi connectivity index (χ0n) is 8.41. The topological polar surface area (TPSA) is 55.2 Å². The molecule has 0 amide bonds. The summed E-state index contributed by atoms with van der Waals surface area (Å²) in [5.74, 6) is 2.12. The number of non-ortho nitro benzene ring substituents is 1. The number of anilines is 1. The van der Waals surface area contributed by atoms with Gasteiger partial charge in [-0.25, -0.2) is 0 Å². The molecule has 1 rings (SSSR count). The molecule has 1 aromatic carbocycles. The van der Waals surface area contributed by atoms with E-state index in [0.717, 1.165) is 12.1 Å². The van der Waals surface area contributed by atoms with Crippen molar-refractivity contribution in [3.63, 3.8) is 0 Å². The van der Waals surface area contributed by atoms with Gasteiger partial charge in [-0.05, 0) is 6.07 Å². The predicted octanol–water partition coefficient (Wildman–Crippen LogP) is 2.66. The number of rotatable bonds is 3. The zero-order valence-corrected chi connectivity index (χ0v) is 8.41. The summed E-state index contributed by atoms with van der Waals surface area (Å²) in [6.07, 6.45) is 0.234. The summed E-state index contributed by atoms with van der Waals surface area (Å²) in [6, 6.07) is 2.44. The maximum Gasteiger partial charge on any atom is 0.418 e. The minimum absolute atomic E-state index is 0.0963. The van der Waals surface area contributed by atoms with Crippen LogP contribution >= 0.6 is 0 Å². The first-order chi connectivity index (χ1) is 7.86. The van der Waals surface area contributed by atoms with E-state index in [0.29, 0.717) is 6.07 Å². The molecule has 0 bridgehead atoms. The number of hydrogen-bond donors (Lipinski definition) is 1. The Labute approximate surface area is 94.6 Å². The molecule has 17 heavy (non-hydrogen) atoms. The maximum atomic E-state index is 12.6. The Morgan fingerprint density at radius 3 is 2.59 bits per heavy atom. The molecule has 0 radical (unpaired) electrons. The molecule has 0 saturated carbocycles. The van der Waals surface area contributed by atoms with E-state index in [1.54, 1.807) is 0 Å². The molecule has 0 aliphatic carbocycles. The number of nitro groups is 1. The lowest BCUT2D eigenvalue weighted by Crippen LogP contribution is -2.11. The van der Waals surface area contributed by atoms with Crippen LogP contribution in [0.5, 0.6) is 0 Å². The smallest absolute Gasteiger partial charge is 0.374 e. The highest BCUT2D eigenvalue weighted by atomic mass is 19.4. The van der Waals surface area contributed by atoms with Crippen molar-refractivity contribution in [3.05, 3.63) is 33.9 Å². The van der Waals surface area contributed by atoms with E-state index in [1.807, 2.05) is 0 Å². The lowest BCUT2D eigenvalue weighted by molar-refractivity contribution is -0.385. The molecule has 1 aromatic rings. The number of halogens is 3. The molecule has 0 saturated heterocycles. The van der Waals surface area contributed by atoms with E-state index < -0.39 is 22.4 Å². The van der Waals surface area contributed by atoms with Crippen LogP contribution in [0.25, 0.3) is 0 Å². The van der Waals surface area contributed by atoms with Crippen LogP contribution in [0.3, 0.4) is 0 Å². The van der Waals surface area contributed by atoms with E-state index in [1.165, 1.54) is 0 Å². The Balaban J connectivity index is 3.23. The van der Waals surface area contributed by atoms with Gasteiger partial charge in [0.25, 0.3) is 5.69 Å². The van der Waals surface area contributed by atoms with Crippen LogP contribution in [-0.2, 0) is 6.18 Å². The quantitative estimate of drug-likeness (QED) is 0.505. The predicted molar refractivity (Wildman–Crippen MR) is 55.4 cm³/mol. The summed E-state index contributed by atoms with van der Waals surface area (Å²) in [5.41, 5.74) is -2.01. The van der Waals surface area contributed by atoms with Gasteiger partial charge in [0.05, 0.1) is 17.0 Å². The van der Waals surface area contributed by atoms with Crippen molar-refractivity contribution in [1.82, 2.24) is 0 Å². The van der Waals surface area contributed by atoms with Gasteiger partial charge >= 0.3 is 6.18 Å². The molecule has 0 fully saturated rings. The molecule has 7 heteroatoms. The lowest BCUT2D eigenvalue weighted by Gasteiger charge is -2.12. The van der Waals surface area contributed by atoms with Crippen LogP contribution in [0.2, 0.25) is 0 Å². The van der Waals surface area contributed by atoms with E-state index in [4.69, 9.17) is 6.42 Å². The van der Waals surface area contributed by atoms with Gasteiger partial charge in [0.15, 0.2) is 0 Å². The van der Waals surface area contributed by atoms with Crippen molar-refractivity contribution in [1.29, 1.82) is 0 Å². The first-order valence-corrected chi connectivity index (χ1v) is 4.39. The second-order valence-corrected chi connectivity index (χ2v) is 3.04. The number of terminal acetylenes is 1. The van der Waals surface area contributed by atoms with E-state index in [2.05, 4.69) is 11.2 Å². The van der Waals surface area contributed by atoms with Crippen molar-refractivity contribution in [2.75, 3.05) is 11.9 Å². The number of alkyl halides is 3. The van der Waals surface area contributed by atoms with Crippen LogP contribution < -0.4 is 5.32 Å². The molecule has 4 nitrogen and oxygen atoms in total. The number of benzene rings is 1. The molecule has 0 atom stereocenters. The minimum atomic E-state index is -4.68. The first-order valence-electron chi connectivity index (χ1n) is 4.39. The lowest BCUT2D eigenvalue weighted by atomic mass is 10.1. The molecule has 0 spiro atoms. The zero-order chi connectivity index (χ0) is 13.1. The summed E-state index contributed by atoms with van der Waals surface area (Å²) in [6.45, 7) is -0.0963. The fourth-order valence-corrected chi connectivity index (χ4v) is 1.18. The van der Waals surface area contributed by atoms with Gasteiger partial charge in [-0.1, -0.05) is 5.92 Å². The van der Waals surface area contributed by atoms with Crippen LogP contribution in [0.4, 0.5) is 24.5 Å². The van der Waals surface area contributed by atoms with Gasteiger partial charge in [-0.3, -0.25) is 10.1 Å². The molecular weight excluding hydrogens is 237 g/mol. The molecule has 0 aliphatic rings. The van der Waals surface area contributed by atoms with Gasteiger partial charge in [0.1, 0.15) is 0 Å². The Morgan fingerprint density at radius 1 is 1.47 bits per heavy atom. The van der Waals surface area contributed by atoms with Gasteiger partial charge in [0.2, 0.25) is 0 Å². The molecule has 0 heterocycles. The second-order valence-electron chi connectivity index (χ2n) is 3.04. The molecule has 0 unspecified atom stereocenters. The fraction of sp³-hybridized carbons (Fsp3) is 0.200. The van der Waals surface area contributed by atoms with Gasteiger partial charge < -0.3 is 5.32 Å². The Morgan fingerprint density at radius 2 is 2.12 bits per heavy atom. The molecule has 0 aromatic heterocycles.